The van der Waals surface area contributed by atoms with Crippen LogP contribution in [0.2, 0.25) is 0 Å². The quantitative estimate of drug-likeness (QED) is 0.743. The molecule has 0 aromatic heterocycles. The Morgan fingerprint density at radius 2 is 1.67 bits per heavy atom. The fourth-order valence-corrected chi connectivity index (χ4v) is 2.52. The molecule has 0 amide bonds. The van der Waals surface area contributed by atoms with Crippen molar-refractivity contribution in [3.63, 3.8) is 0 Å². The molecule has 0 spiro atoms. The summed E-state index contributed by atoms with van der Waals surface area (Å²) in [7, 11) is -1.66. The highest BCUT2D eigenvalue weighted by atomic mass is 35.7. The van der Waals surface area contributed by atoms with Gasteiger partial charge in [0.1, 0.15) is 12.4 Å². The van der Waals surface area contributed by atoms with E-state index in [1.807, 2.05) is 0 Å². The topological polar surface area (TPSA) is 77.5 Å². The average molecular weight is 313 g/mol. The van der Waals surface area contributed by atoms with E-state index in [0.29, 0.717) is 5.75 Å². The van der Waals surface area contributed by atoms with Crippen LogP contribution in [0.5, 0.6) is 5.75 Å². The van der Waals surface area contributed by atoms with Crippen molar-refractivity contribution in [2.24, 2.45) is 0 Å². The van der Waals surface area contributed by atoms with E-state index in [9.17, 15) is 16.8 Å². The first-order valence-electron chi connectivity index (χ1n) is 5.12. The molecule has 5 nitrogen and oxygen atoms in total. The van der Waals surface area contributed by atoms with Gasteiger partial charge in [-0.25, -0.2) is 16.8 Å². The zero-order valence-electron chi connectivity index (χ0n) is 9.67. The van der Waals surface area contributed by atoms with Crippen LogP contribution in [0.4, 0.5) is 0 Å². The van der Waals surface area contributed by atoms with Gasteiger partial charge in [-0.1, -0.05) is 6.92 Å². The van der Waals surface area contributed by atoms with Crippen molar-refractivity contribution in [3.05, 3.63) is 24.3 Å². The van der Waals surface area contributed by atoms with Crippen LogP contribution in [0.25, 0.3) is 0 Å². The average Bonchev–Trinajstić information content (AvgIpc) is 2.28. The molecule has 1 aromatic rings. The van der Waals surface area contributed by atoms with Gasteiger partial charge in [-0.15, -0.1) is 0 Å². The van der Waals surface area contributed by atoms with Crippen LogP contribution in [0.15, 0.2) is 29.2 Å². The second-order valence-electron chi connectivity index (χ2n) is 3.49. The smallest absolute Gasteiger partial charge is 0.261 e. The van der Waals surface area contributed by atoms with Crippen LogP contribution in [-0.2, 0) is 18.9 Å². The first kappa shape index (κ1) is 15.3. The van der Waals surface area contributed by atoms with Crippen molar-refractivity contribution in [2.75, 3.05) is 18.1 Å². The predicted molar refractivity (Wildman–Crippen MR) is 69.3 cm³/mol. The van der Waals surface area contributed by atoms with Crippen LogP contribution < -0.4 is 4.74 Å². The molecule has 102 valence electrons. The zero-order chi connectivity index (χ0) is 13.8. The molecule has 0 fully saturated rings. The van der Waals surface area contributed by atoms with E-state index in [-0.39, 0.29) is 23.0 Å². The highest BCUT2D eigenvalue weighted by Crippen LogP contribution is 2.18. The number of rotatable bonds is 6. The monoisotopic (exact) mass is 312 g/mol. The molecular weight excluding hydrogens is 300 g/mol. The maximum absolute atomic E-state index is 11.2. The van der Waals surface area contributed by atoms with Gasteiger partial charge in [0.25, 0.3) is 9.05 Å². The molecule has 0 bridgehead atoms. The number of halogens is 1. The third-order valence-electron chi connectivity index (χ3n) is 2.21. The molecule has 0 radical (unpaired) electrons. The second kappa shape index (κ2) is 5.90. The van der Waals surface area contributed by atoms with Crippen LogP contribution in [0.3, 0.4) is 0 Å². The van der Waals surface area contributed by atoms with Gasteiger partial charge < -0.3 is 4.74 Å². The van der Waals surface area contributed by atoms with E-state index in [1.165, 1.54) is 24.3 Å². The molecule has 0 aliphatic heterocycles. The van der Waals surface area contributed by atoms with Gasteiger partial charge in [-0.2, -0.15) is 0 Å². The maximum atomic E-state index is 11.2. The van der Waals surface area contributed by atoms with Crippen molar-refractivity contribution in [2.45, 2.75) is 11.8 Å². The summed E-state index contributed by atoms with van der Waals surface area (Å²) in [5.41, 5.74) is 0. The third kappa shape index (κ3) is 4.83. The van der Waals surface area contributed by atoms with Gasteiger partial charge in [0.2, 0.25) is 0 Å². The van der Waals surface area contributed by atoms with Crippen molar-refractivity contribution in [3.8, 4) is 5.75 Å². The Morgan fingerprint density at radius 1 is 1.11 bits per heavy atom. The minimum Gasteiger partial charge on any atom is -0.493 e. The Morgan fingerprint density at radius 3 is 2.11 bits per heavy atom. The molecule has 0 saturated carbocycles. The molecule has 1 rings (SSSR count). The molecule has 0 aliphatic carbocycles. The fraction of sp³-hybridized carbons (Fsp3) is 0.400. The van der Waals surface area contributed by atoms with Crippen LogP contribution in [-0.4, -0.2) is 34.9 Å². The molecule has 0 N–H and O–H groups in total. The molecule has 0 saturated heterocycles. The lowest BCUT2D eigenvalue weighted by Gasteiger charge is -2.06. The van der Waals surface area contributed by atoms with Gasteiger partial charge in [0, 0.05) is 16.4 Å². The Balaban J connectivity index is 2.61. The molecule has 18 heavy (non-hydrogen) atoms. The van der Waals surface area contributed by atoms with Crippen molar-refractivity contribution < 1.29 is 21.6 Å². The second-order valence-corrected chi connectivity index (χ2v) is 8.53. The number of hydrogen-bond acceptors (Lipinski definition) is 5. The zero-order valence-corrected chi connectivity index (χ0v) is 12.1. The molecular formula is C10H13ClO5S2. The number of sulfone groups is 1. The molecule has 0 heterocycles. The Kier molecular flexibility index (Phi) is 5.01. The van der Waals surface area contributed by atoms with E-state index in [4.69, 9.17) is 15.4 Å². The Bertz CT molecular complexity index is 590. The Hall–Kier alpha value is -0.790. The van der Waals surface area contributed by atoms with Gasteiger partial charge in [0.05, 0.1) is 10.6 Å². The van der Waals surface area contributed by atoms with Crippen LogP contribution >= 0.6 is 10.7 Å². The summed E-state index contributed by atoms with van der Waals surface area (Å²) < 4.78 is 49.5. The molecule has 0 aliphatic rings. The van der Waals surface area contributed by atoms with Gasteiger partial charge in [0.15, 0.2) is 9.84 Å². The lowest BCUT2D eigenvalue weighted by Crippen LogP contribution is -2.15. The van der Waals surface area contributed by atoms with Gasteiger partial charge in [-0.3, -0.25) is 0 Å². The fourth-order valence-electron chi connectivity index (χ4n) is 1.13. The first-order valence-corrected chi connectivity index (χ1v) is 9.25. The van der Waals surface area contributed by atoms with E-state index in [0.717, 1.165) is 0 Å². The van der Waals surface area contributed by atoms with Crippen LogP contribution in [0, 0.1) is 0 Å². The lowest BCUT2D eigenvalue weighted by atomic mass is 10.3. The van der Waals surface area contributed by atoms with E-state index in [1.54, 1.807) is 6.92 Å². The summed E-state index contributed by atoms with van der Waals surface area (Å²) in [6, 6.07) is 5.44. The number of benzene rings is 1. The van der Waals surface area contributed by atoms with Crippen molar-refractivity contribution in [1.82, 2.24) is 0 Å². The molecule has 0 unspecified atom stereocenters. The minimum absolute atomic E-state index is 0.0299. The van der Waals surface area contributed by atoms with Crippen molar-refractivity contribution >= 4 is 29.6 Å². The highest BCUT2D eigenvalue weighted by molar-refractivity contribution is 8.13. The number of ether oxygens (including phenoxy) is 1. The maximum Gasteiger partial charge on any atom is 0.261 e. The third-order valence-corrected chi connectivity index (χ3v) is 5.25. The van der Waals surface area contributed by atoms with Crippen LogP contribution in [0.1, 0.15) is 6.92 Å². The summed E-state index contributed by atoms with van der Waals surface area (Å²) in [5.74, 6) is 0.393. The summed E-state index contributed by atoms with van der Waals surface area (Å²) >= 11 is 0. The normalized spacial score (nSPS) is 12.3. The van der Waals surface area contributed by atoms with Gasteiger partial charge >= 0.3 is 0 Å². The first-order chi connectivity index (χ1) is 8.24. The summed E-state index contributed by atoms with van der Waals surface area (Å²) in [6.07, 6.45) is 0. The summed E-state index contributed by atoms with van der Waals surface area (Å²) in [6.45, 7) is 1.60. The van der Waals surface area contributed by atoms with Gasteiger partial charge in [-0.05, 0) is 24.3 Å². The van der Waals surface area contributed by atoms with E-state index in [2.05, 4.69) is 0 Å². The van der Waals surface area contributed by atoms with E-state index >= 15 is 0 Å². The molecule has 0 atom stereocenters. The summed E-state index contributed by atoms with van der Waals surface area (Å²) in [4.78, 5) is -0.0299. The van der Waals surface area contributed by atoms with Crippen molar-refractivity contribution in [1.29, 1.82) is 0 Å². The standard InChI is InChI=1S/C10H13ClO5S2/c1-2-17(12,13)8-7-16-9-3-5-10(6-4-9)18(11,14)15/h3-6H,2,7-8H2,1H3. The Labute approximate surface area is 111 Å². The molecule has 1 aromatic carbocycles. The number of hydrogen-bond donors (Lipinski definition) is 0. The largest absolute Gasteiger partial charge is 0.493 e. The minimum atomic E-state index is -3.75. The highest BCUT2D eigenvalue weighted by Gasteiger charge is 2.10. The summed E-state index contributed by atoms with van der Waals surface area (Å²) in [5, 5.41) is 0. The van der Waals surface area contributed by atoms with E-state index < -0.39 is 18.9 Å². The lowest BCUT2D eigenvalue weighted by molar-refractivity contribution is 0.340. The predicted octanol–water partition coefficient (Wildman–Crippen LogP) is 1.43. The molecule has 8 heteroatoms. The SMILES string of the molecule is CCS(=O)(=O)CCOc1ccc(S(=O)(=O)Cl)cc1.